The molecule has 0 spiro atoms. The summed E-state index contributed by atoms with van der Waals surface area (Å²) in [6.45, 7) is 4.17. The number of benzene rings is 2. The van der Waals surface area contributed by atoms with Crippen LogP contribution in [0.15, 0.2) is 59.0 Å². The second-order valence-electron chi connectivity index (χ2n) is 6.12. The number of para-hydroxylation sites is 1. The Balaban J connectivity index is 1.83. The van der Waals surface area contributed by atoms with Crippen LogP contribution in [-0.4, -0.2) is 12.7 Å². The Bertz CT molecular complexity index is 937. The minimum Gasteiger partial charge on any atom is -0.459 e. The molecule has 25 heavy (non-hydrogen) atoms. The van der Waals surface area contributed by atoms with Crippen LogP contribution in [-0.2, 0) is 4.74 Å². The van der Waals surface area contributed by atoms with Crippen LogP contribution in [0.1, 0.15) is 29.9 Å². The minimum absolute atomic E-state index is 0.326. The Hall–Kier alpha value is -3.01. The van der Waals surface area contributed by atoms with E-state index in [1.165, 1.54) is 0 Å². The Morgan fingerprint density at radius 1 is 1.20 bits per heavy atom. The van der Waals surface area contributed by atoms with Crippen LogP contribution >= 0.6 is 0 Å². The standard InChI is InChI=1S/C21H19NO3/c1-3-24-21(23)22-17-10-8-14(2)12-15(17)9-11-18(22)20-13-16-6-4-5-7-19(16)25-20/h4-13,18H,3H2,1-2H3. The van der Waals surface area contributed by atoms with Crippen molar-refractivity contribution in [1.82, 2.24) is 0 Å². The maximum Gasteiger partial charge on any atom is 0.415 e. The zero-order chi connectivity index (χ0) is 17.4. The summed E-state index contributed by atoms with van der Waals surface area (Å²) < 4.78 is 11.3. The first-order chi connectivity index (χ1) is 12.2. The van der Waals surface area contributed by atoms with Crippen molar-refractivity contribution < 1.29 is 13.9 Å². The maximum atomic E-state index is 12.7. The van der Waals surface area contributed by atoms with E-state index < -0.39 is 0 Å². The number of ether oxygens (including phenoxy) is 1. The van der Waals surface area contributed by atoms with Crippen LogP contribution in [0, 0.1) is 6.92 Å². The molecule has 1 unspecified atom stereocenters. The molecule has 0 N–H and O–H groups in total. The van der Waals surface area contributed by atoms with Crippen molar-refractivity contribution in [3.05, 3.63) is 71.5 Å². The second-order valence-corrected chi connectivity index (χ2v) is 6.12. The highest BCUT2D eigenvalue weighted by Crippen LogP contribution is 2.39. The lowest BCUT2D eigenvalue weighted by Crippen LogP contribution is -2.36. The van der Waals surface area contributed by atoms with E-state index in [1.807, 2.05) is 68.5 Å². The summed E-state index contributed by atoms with van der Waals surface area (Å²) in [4.78, 5) is 14.3. The number of fused-ring (bicyclic) bond motifs is 2. The molecule has 126 valence electrons. The number of carbonyl (C=O) groups is 1. The van der Waals surface area contributed by atoms with E-state index in [9.17, 15) is 4.79 Å². The lowest BCUT2D eigenvalue weighted by atomic mass is 10.00. The highest BCUT2D eigenvalue weighted by atomic mass is 16.6. The van der Waals surface area contributed by atoms with Crippen LogP contribution in [0.2, 0.25) is 0 Å². The first-order valence-corrected chi connectivity index (χ1v) is 8.40. The number of aryl methyl sites for hydroxylation is 1. The van der Waals surface area contributed by atoms with Gasteiger partial charge in [-0.15, -0.1) is 0 Å². The number of anilines is 1. The minimum atomic E-state index is -0.373. The third kappa shape index (κ3) is 2.70. The first-order valence-electron chi connectivity index (χ1n) is 8.40. The van der Waals surface area contributed by atoms with Crippen molar-refractivity contribution in [2.45, 2.75) is 19.9 Å². The Labute approximate surface area is 146 Å². The van der Waals surface area contributed by atoms with Gasteiger partial charge in [-0.3, -0.25) is 4.90 Å². The maximum absolute atomic E-state index is 12.7. The van der Waals surface area contributed by atoms with Crippen LogP contribution in [0.3, 0.4) is 0 Å². The smallest absolute Gasteiger partial charge is 0.415 e. The molecule has 2 aromatic carbocycles. The van der Waals surface area contributed by atoms with Gasteiger partial charge in [0.05, 0.1) is 12.3 Å². The number of furan rings is 1. The van der Waals surface area contributed by atoms with Crippen molar-refractivity contribution in [2.24, 2.45) is 0 Å². The quantitative estimate of drug-likeness (QED) is 0.624. The number of nitrogens with zero attached hydrogens (tertiary/aromatic N) is 1. The second kappa shape index (κ2) is 6.13. The third-order valence-electron chi connectivity index (χ3n) is 4.38. The van der Waals surface area contributed by atoms with Gasteiger partial charge in [-0.2, -0.15) is 0 Å². The Morgan fingerprint density at radius 3 is 2.84 bits per heavy atom. The molecule has 0 bridgehead atoms. The molecule has 0 radical (unpaired) electrons. The van der Waals surface area contributed by atoms with Crippen LogP contribution in [0.25, 0.3) is 17.0 Å². The van der Waals surface area contributed by atoms with E-state index in [0.29, 0.717) is 6.61 Å². The fourth-order valence-corrected chi connectivity index (χ4v) is 3.23. The Morgan fingerprint density at radius 2 is 2.04 bits per heavy atom. The normalized spacial score (nSPS) is 16.1. The molecule has 0 saturated carbocycles. The number of hydrogen-bond donors (Lipinski definition) is 0. The van der Waals surface area contributed by atoms with Gasteiger partial charge >= 0.3 is 6.09 Å². The first kappa shape index (κ1) is 15.5. The summed E-state index contributed by atoms with van der Waals surface area (Å²) in [5.74, 6) is 0.719. The molecule has 1 aromatic heterocycles. The molecule has 0 saturated heterocycles. The molecular weight excluding hydrogens is 314 g/mol. The van der Waals surface area contributed by atoms with Crippen molar-refractivity contribution >= 4 is 28.8 Å². The van der Waals surface area contributed by atoms with Gasteiger partial charge in [0, 0.05) is 5.39 Å². The molecule has 0 aliphatic carbocycles. The largest absolute Gasteiger partial charge is 0.459 e. The van der Waals surface area contributed by atoms with Gasteiger partial charge in [-0.1, -0.05) is 42.0 Å². The van der Waals surface area contributed by atoms with Gasteiger partial charge in [-0.05, 0) is 43.7 Å². The predicted molar refractivity (Wildman–Crippen MR) is 98.7 cm³/mol. The zero-order valence-corrected chi connectivity index (χ0v) is 14.2. The summed E-state index contributed by atoms with van der Waals surface area (Å²) >= 11 is 0. The summed E-state index contributed by atoms with van der Waals surface area (Å²) in [7, 11) is 0. The topological polar surface area (TPSA) is 42.7 Å². The van der Waals surface area contributed by atoms with Crippen molar-refractivity contribution in [1.29, 1.82) is 0 Å². The van der Waals surface area contributed by atoms with Crippen molar-refractivity contribution in [3.8, 4) is 0 Å². The molecule has 1 amide bonds. The summed E-state index contributed by atoms with van der Waals surface area (Å²) in [5, 5.41) is 1.02. The molecular formula is C21H19NO3. The zero-order valence-electron chi connectivity index (χ0n) is 14.2. The molecule has 1 aliphatic rings. The van der Waals surface area contributed by atoms with Gasteiger partial charge < -0.3 is 9.15 Å². The van der Waals surface area contributed by atoms with E-state index in [2.05, 4.69) is 6.07 Å². The van der Waals surface area contributed by atoms with Crippen LogP contribution in [0.4, 0.5) is 10.5 Å². The lowest BCUT2D eigenvalue weighted by molar-refractivity contribution is 0.157. The van der Waals surface area contributed by atoms with Crippen molar-refractivity contribution in [3.63, 3.8) is 0 Å². The lowest BCUT2D eigenvalue weighted by Gasteiger charge is -2.32. The molecule has 2 heterocycles. The van der Waals surface area contributed by atoms with Gasteiger partial charge in [0.2, 0.25) is 0 Å². The molecule has 4 rings (SSSR count). The number of hydrogen-bond acceptors (Lipinski definition) is 3. The number of rotatable bonds is 2. The average Bonchev–Trinajstić information content (AvgIpc) is 3.04. The van der Waals surface area contributed by atoms with E-state index in [4.69, 9.17) is 9.15 Å². The number of amides is 1. The van der Waals surface area contributed by atoms with Gasteiger partial charge in [-0.25, -0.2) is 4.79 Å². The monoisotopic (exact) mass is 333 g/mol. The SMILES string of the molecule is CCOC(=O)N1c2ccc(C)cc2C=CC1c1cc2ccccc2o1. The van der Waals surface area contributed by atoms with E-state index in [0.717, 1.165) is 33.5 Å². The summed E-state index contributed by atoms with van der Waals surface area (Å²) in [6, 6.07) is 15.5. The van der Waals surface area contributed by atoms with Crippen molar-refractivity contribution in [2.75, 3.05) is 11.5 Å². The Kier molecular flexibility index (Phi) is 3.80. The molecule has 1 atom stereocenters. The van der Waals surface area contributed by atoms with Gasteiger partial charge in [0.25, 0.3) is 0 Å². The van der Waals surface area contributed by atoms with Crippen LogP contribution < -0.4 is 4.90 Å². The summed E-state index contributed by atoms with van der Waals surface area (Å²) in [6.07, 6.45) is 3.65. The molecule has 3 aromatic rings. The highest BCUT2D eigenvalue weighted by molar-refractivity contribution is 5.94. The highest BCUT2D eigenvalue weighted by Gasteiger charge is 2.32. The van der Waals surface area contributed by atoms with E-state index in [1.54, 1.807) is 4.90 Å². The van der Waals surface area contributed by atoms with E-state index in [-0.39, 0.29) is 12.1 Å². The fraction of sp³-hybridized carbons (Fsp3) is 0.190. The fourth-order valence-electron chi connectivity index (χ4n) is 3.23. The van der Waals surface area contributed by atoms with Gasteiger partial charge in [0.1, 0.15) is 17.4 Å². The molecule has 4 nitrogen and oxygen atoms in total. The predicted octanol–water partition coefficient (Wildman–Crippen LogP) is 5.47. The molecule has 4 heteroatoms. The van der Waals surface area contributed by atoms with Crippen LogP contribution in [0.5, 0.6) is 0 Å². The van der Waals surface area contributed by atoms with Gasteiger partial charge in [0.15, 0.2) is 0 Å². The number of carbonyl (C=O) groups excluding carboxylic acids is 1. The van der Waals surface area contributed by atoms with E-state index >= 15 is 0 Å². The summed E-state index contributed by atoms with van der Waals surface area (Å²) in [5.41, 5.74) is 3.79. The molecule has 1 aliphatic heterocycles. The molecule has 0 fully saturated rings. The third-order valence-corrected chi connectivity index (χ3v) is 4.38. The average molecular weight is 333 g/mol.